The summed E-state index contributed by atoms with van der Waals surface area (Å²) in [5, 5.41) is 3.59. The molecule has 1 heterocycles. The van der Waals surface area contributed by atoms with E-state index in [4.69, 9.17) is 5.84 Å². The Morgan fingerprint density at radius 3 is 2.71 bits per heavy atom. The monoisotopic (exact) mass is 296 g/mol. The SMILES string of the molecule is Cc1cccc(C(Cc2csc3ccccc23)NN)c1C. The summed E-state index contributed by atoms with van der Waals surface area (Å²) in [5.74, 6) is 5.84. The molecule has 0 saturated carbocycles. The molecule has 1 unspecified atom stereocenters. The van der Waals surface area contributed by atoms with Gasteiger partial charge in [0.05, 0.1) is 6.04 Å². The summed E-state index contributed by atoms with van der Waals surface area (Å²) in [6.45, 7) is 4.31. The van der Waals surface area contributed by atoms with Gasteiger partial charge in [0.1, 0.15) is 0 Å². The summed E-state index contributed by atoms with van der Waals surface area (Å²) >= 11 is 1.80. The molecule has 3 N–H and O–H groups in total. The van der Waals surface area contributed by atoms with E-state index < -0.39 is 0 Å². The number of thiophene rings is 1. The average Bonchev–Trinajstić information content (AvgIpc) is 2.91. The van der Waals surface area contributed by atoms with Gasteiger partial charge in [-0.3, -0.25) is 11.3 Å². The Morgan fingerprint density at radius 1 is 1.10 bits per heavy atom. The third kappa shape index (κ3) is 2.72. The minimum absolute atomic E-state index is 0.142. The van der Waals surface area contributed by atoms with Crippen LogP contribution in [-0.2, 0) is 6.42 Å². The molecule has 21 heavy (non-hydrogen) atoms. The second-order valence-electron chi connectivity index (χ2n) is 5.47. The maximum Gasteiger partial charge on any atom is 0.0503 e. The van der Waals surface area contributed by atoms with E-state index in [0.717, 1.165) is 6.42 Å². The lowest BCUT2D eigenvalue weighted by molar-refractivity contribution is 0.551. The molecule has 0 spiro atoms. The molecule has 1 atom stereocenters. The molecule has 3 heteroatoms. The fraction of sp³-hybridized carbons (Fsp3) is 0.222. The molecule has 0 aliphatic carbocycles. The second kappa shape index (κ2) is 5.98. The molecule has 0 amide bonds. The summed E-state index contributed by atoms with van der Waals surface area (Å²) in [6.07, 6.45) is 0.908. The van der Waals surface area contributed by atoms with Crippen LogP contribution in [0.5, 0.6) is 0 Å². The summed E-state index contributed by atoms with van der Waals surface area (Å²) in [6, 6.07) is 15.1. The van der Waals surface area contributed by atoms with Gasteiger partial charge in [0.15, 0.2) is 0 Å². The summed E-state index contributed by atoms with van der Waals surface area (Å²) in [4.78, 5) is 0. The van der Waals surface area contributed by atoms with Gasteiger partial charge in [0.25, 0.3) is 0 Å². The van der Waals surface area contributed by atoms with Gasteiger partial charge in [0, 0.05) is 4.70 Å². The van der Waals surface area contributed by atoms with Crippen molar-refractivity contribution >= 4 is 21.4 Å². The highest BCUT2D eigenvalue weighted by Gasteiger charge is 2.15. The molecule has 108 valence electrons. The predicted octanol–water partition coefficient (Wildman–Crippen LogP) is 4.27. The van der Waals surface area contributed by atoms with E-state index in [1.165, 1.54) is 32.3 Å². The highest BCUT2D eigenvalue weighted by Crippen LogP contribution is 2.30. The third-order valence-corrected chi connectivity index (χ3v) is 5.22. The Balaban J connectivity index is 1.96. The van der Waals surface area contributed by atoms with Crippen LogP contribution in [0, 0.1) is 13.8 Å². The molecule has 0 aliphatic rings. The Morgan fingerprint density at radius 2 is 1.90 bits per heavy atom. The van der Waals surface area contributed by atoms with E-state index in [2.05, 4.69) is 67.1 Å². The molecule has 0 aliphatic heterocycles. The first-order valence-electron chi connectivity index (χ1n) is 7.18. The van der Waals surface area contributed by atoms with Crippen molar-refractivity contribution in [1.82, 2.24) is 5.43 Å². The van der Waals surface area contributed by atoms with Gasteiger partial charge < -0.3 is 0 Å². The smallest absolute Gasteiger partial charge is 0.0503 e. The minimum Gasteiger partial charge on any atom is -0.271 e. The van der Waals surface area contributed by atoms with Crippen molar-refractivity contribution in [3.63, 3.8) is 0 Å². The van der Waals surface area contributed by atoms with Gasteiger partial charge in [-0.05, 0) is 59.4 Å². The number of benzene rings is 2. The highest BCUT2D eigenvalue weighted by atomic mass is 32.1. The Hall–Kier alpha value is -1.68. The Kier molecular flexibility index (Phi) is 4.06. The molecule has 3 aromatic rings. The first-order chi connectivity index (χ1) is 10.2. The van der Waals surface area contributed by atoms with Crippen LogP contribution in [-0.4, -0.2) is 0 Å². The van der Waals surface area contributed by atoms with Crippen molar-refractivity contribution in [1.29, 1.82) is 0 Å². The van der Waals surface area contributed by atoms with Crippen LogP contribution in [0.3, 0.4) is 0 Å². The normalized spacial score (nSPS) is 12.7. The van der Waals surface area contributed by atoms with Crippen LogP contribution in [0.2, 0.25) is 0 Å². The lowest BCUT2D eigenvalue weighted by atomic mass is 9.93. The summed E-state index contributed by atoms with van der Waals surface area (Å²) in [7, 11) is 0. The topological polar surface area (TPSA) is 38.0 Å². The van der Waals surface area contributed by atoms with Gasteiger partial charge in [-0.25, -0.2) is 0 Å². The average molecular weight is 296 g/mol. The van der Waals surface area contributed by atoms with Gasteiger partial charge >= 0.3 is 0 Å². The van der Waals surface area contributed by atoms with Crippen LogP contribution in [0.1, 0.15) is 28.3 Å². The molecule has 0 radical (unpaired) electrons. The molecule has 0 saturated heterocycles. The molecule has 2 nitrogen and oxygen atoms in total. The minimum atomic E-state index is 0.142. The maximum atomic E-state index is 5.84. The van der Waals surface area contributed by atoms with Crippen molar-refractivity contribution < 1.29 is 0 Å². The largest absolute Gasteiger partial charge is 0.271 e. The zero-order valence-electron chi connectivity index (χ0n) is 12.4. The van der Waals surface area contributed by atoms with E-state index in [1.807, 2.05) is 0 Å². The second-order valence-corrected chi connectivity index (χ2v) is 6.38. The highest BCUT2D eigenvalue weighted by molar-refractivity contribution is 7.17. The molecule has 0 bridgehead atoms. The first kappa shape index (κ1) is 14.3. The van der Waals surface area contributed by atoms with E-state index in [0.29, 0.717) is 0 Å². The zero-order chi connectivity index (χ0) is 14.8. The van der Waals surface area contributed by atoms with Gasteiger partial charge in [-0.1, -0.05) is 36.4 Å². The van der Waals surface area contributed by atoms with E-state index in [1.54, 1.807) is 11.3 Å². The number of aryl methyl sites for hydroxylation is 1. The van der Waals surface area contributed by atoms with Crippen molar-refractivity contribution in [3.8, 4) is 0 Å². The van der Waals surface area contributed by atoms with Crippen LogP contribution in [0.25, 0.3) is 10.1 Å². The van der Waals surface area contributed by atoms with Crippen LogP contribution >= 0.6 is 11.3 Å². The lowest BCUT2D eigenvalue weighted by Gasteiger charge is -2.19. The number of rotatable bonds is 4. The molecular weight excluding hydrogens is 276 g/mol. The van der Waals surface area contributed by atoms with Gasteiger partial charge in [-0.15, -0.1) is 11.3 Å². The standard InChI is InChI=1S/C18H20N2S/c1-12-6-5-8-15(13(12)2)17(20-19)10-14-11-21-18-9-4-3-7-16(14)18/h3-9,11,17,20H,10,19H2,1-2H3. The van der Waals surface area contributed by atoms with Crippen molar-refractivity contribution in [2.45, 2.75) is 26.3 Å². The van der Waals surface area contributed by atoms with Crippen LogP contribution in [0.4, 0.5) is 0 Å². The van der Waals surface area contributed by atoms with E-state index in [-0.39, 0.29) is 6.04 Å². The molecule has 1 aromatic heterocycles. The van der Waals surface area contributed by atoms with Gasteiger partial charge in [-0.2, -0.15) is 0 Å². The predicted molar refractivity (Wildman–Crippen MR) is 91.5 cm³/mol. The van der Waals surface area contributed by atoms with E-state index in [9.17, 15) is 0 Å². The van der Waals surface area contributed by atoms with Crippen molar-refractivity contribution in [2.24, 2.45) is 5.84 Å². The third-order valence-electron chi connectivity index (χ3n) is 4.21. The first-order valence-corrected chi connectivity index (χ1v) is 8.06. The number of fused-ring (bicyclic) bond motifs is 1. The van der Waals surface area contributed by atoms with Crippen LogP contribution < -0.4 is 11.3 Å². The number of hydrogen-bond donors (Lipinski definition) is 2. The summed E-state index contributed by atoms with van der Waals surface area (Å²) < 4.78 is 1.34. The van der Waals surface area contributed by atoms with Crippen molar-refractivity contribution in [3.05, 3.63) is 70.1 Å². The number of nitrogens with one attached hydrogen (secondary N) is 1. The van der Waals surface area contributed by atoms with Gasteiger partial charge in [0.2, 0.25) is 0 Å². The fourth-order valence-electron chi connectivity index (χ4n) is 2.82. The Bertz CT molecular complexity index is 761. The van der Waals surface area contributed by atoms with Crippen LogP contribution in [0.15, 0.2) is 47.8 Å². The zero-order valence-corrected chi connectivity index (χ0v) is 13.2. The van der Waals surface area contributed by atoms with Crippen molar-refractivity contribution in [2.75, 3.05) is 0 Å². The molecule has 2 aromatic carbocycles. The lowest BCUT2D eigenvalue weighted by Crippen LogP contribution is -2.30. The summed E-state index contributed by atoms with van der Waals surface area (Å²) in [5.41, 5.74) is 8.27. The molecule has 3 rings (SSSR count). The molecule has 0 fully saturated rings. The molecular formula is C18H20N2S. The number of nitrogens with two attached hydrogens (primary N) is 1. The number of hydrazine groups is 1. The number of hydrogen-bond acceptors (Lipinski definition) is 3. The fourth-order valence-corrected chi connectivity index (χ4v) is 3.80. The Labute approximate surface area is 129 Å². The van der Waals surface area contributed by atoms with E-state index >= 15 is 0 Å². The maximum absolute atomic E-state index is 5.84. The quantitative estimate of drug-likeness (QED) is 0.557.